The predicted molar refractivity (Wildman–Crippen MR) is 206 cm³/mol. The van der Waals surface area contributed by atoms with Crippen molar-refractivity contribution < 1.29 is 69.6 Å². The van der Waals surface area contributed by atoms with Crippen LogP contribution in [-0.2, 0) is 40.3 Å². The highest BCUT2D eigenvalue weighted by molar-refractivity contribution is 6.31. The van der Waals surface area contributed by atoms with Gasteiger partial charge < -0.3 is 24.1 Å². The number of halogens is 7. The van der Waals surface area contributed by atoms with Gasteiger partial charge in [-0.1, -0.05) is 35.9 Å². The van der Waals surface area contributed by atoms with Gasteiger partial charge in [0.2, 0.25) is 11.8 Å². The molecule has 4 aromatic carbocycles. The molecule has 20 heteroatoms. The van der Waals surface area contributed by atoms with Gasteiger partial charge in [-0.15, -0.1) is 0 Å². The highest BCUT2D eigenvalue weighted by Gasteiger charge is 2.46. The Morgan fingerprint density at radius 2 is 1.50 bits per heavy atom. The van der Waals surface area contributed by atoms with Crippen molar-refractivity contribution in [2.45, 2.75) is 37.8 Å². The molecule has 1 fully saturated rings. The van der Waals surface area contributed by atoms with Gasteiger partial charge in [0.1, 0.15) is 48.9 Å². The molecule has 1 aromatic heterocycles. The van der Waals surface area contributed by atoms with Gasteiger partial charge in [-0.05, 0) is 72.1 Å². The van der Waals surface area contributed by atoms with Crippen LogP contribution in [-0.4, -0.2) is 75.9 Å². The first kappa shape index (κ1) is 43.5. The summed E-state index contributed by atoms with van der Waals surface area (Å²) >= 11 is 5.84. The van der Waals surface area contributed by atoms with E-state index < -0.39 is 64.1 Å². The number of nitrogens with one attached hydrogen (secondary N) is 1. The molecule has 0 radical (unpaired) electrons. The number of benzene rings is 4. The van der Waals surface area contributed by atoms with Crippen LogP contribution in [0.5, 0.6) is 23.0 Å². The highest BCUT2D eigenvalue weighted by atomic mass is 35.5. The van der Waals surface area contributed by atoms with E-state index in [2.05, 4.69) is 10.4 Å². The Labute approximate surface area is 352 Å². The average Bonchev–Trinajstić information content (AvgIpc) is 3.73. The predicted octanol–water partition coefficient (Wildman–Crippen LogP) is 7.61. The number of carbonyl (C=O) groups is 4. The third kappa shape index (κ3) is 9.03. The largest absolute Gasteiger partial charge is 0.506 e. The molecule has 1 atom stereocenters. The number of phenolic OH excluding ortho intramolecular Hbond substituents is 1. The molecule has 13 nitrogen and oxygen atoms in total. The minimum atomic E-state index is -4.86. The van der Waals surface area contributed by atoms with E-state index in [-0.39, 0.29) is 90.9 Å². The van der Waals surface area contributed by atoms with Crippen LogP contribution in [0, 0.1) is 0 Å². The number of phenols is 1. The smallest absolute Gasteiger partial charge is 0.435 e. The molecule has 2 aliphatic rings. The van der Waals surface area contributed by atoms with Crippen LogP contribution in [0.1, 0.15) is 50.4 Å². The van der Waals surface area contributed by atoms with Crippen molar-refractivity contribution in [3.05, 3.63) is 112 Å². The van der Waals surface area contributed by atoms with Gasteiger partial charge in [0, 0.05) is 19.0 Å². The first-order valence-corrected chi connectivity index (χ1v) is 19.0. The summed E-state index contributed by atoms with van der Waals surface area (Å²) in [4.78, 5) is 51.0. The molecule has 1 unspecified atom stereocenters. The van der Waals surface area contributed by atoms with E-state index in [4.69, 9.17) is 30.5 Å². The summed E-state index contributed by atoms with van der Waals surface area (Å²) in [5.41, 5.74) is -2.44. The molecule has 324 valence electrons. The van der Waals surface area contributed by atoms with E-state index in [1.165, 1.54) is 37.4 Å². The van der Waals surface area contributed by atoms with Gasteiger partial charge >= 0.3 is 12.4 Å². The summed E-state index contributed by atoms with van der Waals surface area (Å²) in [6.07, 6.45) is -9.65. The first-order chi connectivity index (χ1) is 29.4. The maximum Gasteiger partial charge on any atom is 0.435 e. The van der Waals surface area contributed by atoms with Crippen LogP contribution < -0.4 is 19.5 Å². The number of aryl methyl sites for hydroxylation is 1. The van der Waals surface area contributed by atoms with Crippen molar-refractivity contribution >= 4 is 35.2 Å². The average molecular weight is 887 g/mol. The molecule has 0 aliphatic carbocycles. The molecule has 2 aliphatic heterocycles. The van der Waals surface area contributed by atoms with Crippen LogP contribution in [0.2, 0.25) is 5.02 Å². The summed E-state index contributed by atoms with van der Waals surface area (Å²) in [7, 11) is 1.23. The number of carbonyl (C=O) groups excluding carboxylic acids is 4. The van der Waals surface area contributed by atoms with Crippen molar-refractivity contribution in [3.8, 4) is 45.4 Å². The zero-order valence-corrected chi connectivity index (χ0v) is 33.0. The number of imide groups is 2. The Bertz CT molecular complexity index is 2560. The SMILES string of the molecule is Cn1nc(C(F)(F)F)cc1-c1ccc(OCc2ccc(OCCOCCOc3cccc4c3C(=O)N(C3CCC(=O)NC3=O)C4=O)cc2)c(-c2ccc(Cl)c(C(F)(F)F)c2)c1O. The third-order valence-corrected chi connectivity index (χ3v) is 10.2. The van der Waals surface area contributed by atoms with Crippen molar-refractivity contribution in [2.75, 3.05) is 26.4 Å². The molecule has 0 bridgehead atoms. The summed E-state index contributed by atoms with van der Waals surface area (Å²) in [5.74, 6) is -2.69. The van der Waals surface area contributed by atoms with Crippen LogP contribution >= 0.6 is 11.6 Å². The summed E-state index contributed by atoms with van der Waals surface area (Å²) in [5, 5.41) is 16.4. The van der Waals surface area contributed by atoms with Gasteiger partial charge in [0.05, 0.1) is 46.2 Å². The summed E-state index contributed by atoms with van der Waals surface area (Å²) in [6.45, 7) is 0.225. The Morgan fingerprint density at radius 1 is 0.790 bits per heavy atom. The number of aromatic hydroxyl groups is 1. The number of hydrogen-bond donors (Lipinski definition) is 2. The number of aromatic nitrogens is 2. The number of fused-ring (bicyclic) bond motifs is 1. The lowest BCUT2D eigenvalue weighted by atomic mass is 9.97. The van der Waals surface area contributed by atoms with Gasteiger partial charge in [0.25, 0.3) is 11.8 Å². The molecule has 4 amide bonds. The second kappa shape index (κ2) is 17.4. The van der Waals surface area contributed by atoms with Crippen molar-refractivity contribution in [3.63, 3.8) is 0 Å². The molecule has 5 aromatic rings. The molecule has 1 saturated heterocycles. The molecule has 0 saturated carbocycles. The number of alkyl halides is 6. The normalized spacial score (nSPS) is 15.5. The zero-order valence-electron chi connectivity index (χ0n) is 32.2. The second-order valence-electron chi connectivity index (χ2n) is 13.9. The molecule has 7 rings (SSSR count). The number of rotatable bonds is 14. The fourth-order valence-electron chi connectivity index (χ4n) is 6.91. The summed E-state index contributed by atoms with van der Waals surface area (Å²) in [6, 6.07) is 16.2. The van der Waals surface area contributed by atoms with Crippen molar-refractivity contribution in [2.24, 2.45) is 7.05 Å². The van der Waals surface area contributed by atoms with Crippen LogP contribution in [0.4, 0.5) is 26.3 Å². The summed E-state index contributed by atoms with van der Waals surface area (Å²) < 4.78 is 106. The molecule has 2 N–H and O–H groups in total. The minimum Gasteiger partial charge on any atom is -0.506 e. The molecular weight excluding hydrogens is 854 g/mol. The minimum absolute atomic E-state index is 0.00805. The van der Waals surface area contributed by atoms with Gasteiger partial charge in [-0.2, -0.15) is 31.4 Å². The Kier molecular flexibility index (Phi) is 12.2. The van der Waals surface area contributed by atoms with E-state index in [1.54, 1.807) is 30.3 Å². The van der Waals surface area contributed by atoms with E-state index >= 15 is 0 Å². The maximum absolute atomic E-state index is 13.8. The monoisotopic (exact) mass is 886 g/mol. The standard InChI is InChI=1S/C42H33ClF6N4O9/c1-52-30(20-33(51-52)42(47,48)49)25-10-13-32(35(37(25)55)23-7-11-28(43)27(19-23)41(44,45)46)62-21-22-5-8-24(9-6-22)60-17-15-59-16-18-61-31-4-2-3-26-36(31)40(58)53(39(26)57)29-12-14-34(54)50-38(29)56/h2-11,13,19-20,29,55H,12,14-18,21H2,1H3,(H,50,54,56). The lowest BCUT2D eigenvalue weighted by Gasteiger charge is -2.27. The number of hydrogen-bond acceptors (Lipinski definition) is 10. The van der Waals surface area contributed by atoms with Gasteiger partial charge in [-0.25, -0.2) is 0 Å². The molecule has 62 heavy (non-hydrogen) atoms. The number of amides is 4. The van der Waals surface area contributed by atoms with Crippen LogP contribution in [0.3, 0.4) is 0 Å². The number of piperidine rings is 1. The molecular formula is C42H33ClF6N4O9. The van der Waals surface area contributed by atoms with E-state index in [9.17, 15) is 50.6 Å². The van der Waals surface area contributed by atoms with Crippen molar-refractivity contribution in [1.29, 1.82) is 0 Å². The van der Waals surface area contributed by atoms with Crippen molar-refractivity contribution in [1.82, 2.24) is 20.0 Å². The molecule has 0 spiro atoms. The fraction of sp³-hybridized carbons (Fsp3) is 0.262. The second-order valence-corrected chi connectivity index (χ2v) is 14.3. The molecule has 3 heterocycles. The Morgan fingerprint density at radius 3 is 2.18 bits per heavy atom. The Hall–Kier alpha value is -6.60. The lowest BCUT2D eigenvalue weighted by molar-refractivity contribution is -0.141. The van der Waals surface area contributed by atoms with Crippen LogP contribution in [0.15, 0.2) is 78.9 Å². The number of nitrogens with zero attached hydrogens (tertiary/aromatic N) is 3. The zero-order chi connectivity index (χ0) is 44.5. The van der Waals surface area contributed by atoms with Gasteiger partial charge in [0.15, 0.2) is 5.69 Å². The highest BCUT2D eigenvalue weighted by Crippen LogP contribution is 2.47. The lowest BCUT2D eigenvalue weighted by Crippen LogP contribution is -2.54. The maximum atomic E-state index is 13.8. The Balaban J connectivity index is 0.944. The van der Waals surface area contributed by atoms with Crippen LogP contribution in [0.25, 0.3) is 22.4 Å². The number of ether oxygens (including phenoxy) is 4. The first-order valence-electron chi connectivity index (χ1n) is 18.7. The van der Waals surface area contributed by atoms with E-state index in [0.717, 1.165) is 15.6 Å². The van der Waals surface area contributed by atoms with Gasteiger partial charge in [-0.3, -0.25) is 34.1 Å². The third-order valence-electron chi connectivity index (χ3n) is 9.88. The quantitative estimate of drug-likeness (QED) is 0.0646. The van der Waals surface area contributed by atoms with E-state index in [1.807, 2.05) is 0 Å². The fourth-order valence-corrected chi connectivity index (χ4v) is 7.14. The van der Waals surface area contributed by atoms with E-state index in [0.29, 0.717) is 23.4 Å². The topological polar surface area (TPSA) is 159 Å².